The summed E-state index contributed by atoms with van der Waals surface area (Å²) in [6.07, 6.45) is 0. The first-order chi connectivity index (χ1) is 24.5. The molecule has 2 nitrogen and oxygen atoms in total. The first-order valence-corrected chi connectivity index (χ1v) is 17.4. The minimum atomic E-state index is -0.414. The van der Waals surface area contributed by atoms with Gasteiger partial charge in [0.15, 0.2) is 5.82 Å². The molecule has 0 saturated heterocycles. The zero-order valence-electron chi connectivity index (χ0n) is 28.1. The van der Waals surface area contributed by atoms with Crippen LogP contribution in [0, 0.1) is 0 Å². The Morgan fingerprint density at radius 2 is 0.900 bits per heavy atom. The first kappa shape index (κ1) is 28.9. The largest absolute Gasteiger partial charge is 0.228 e. The van der Waals surface area contributed by atoms with Crippen molar-refractivity contribution in [1.82, 2.24) is 9.97 Å². The molecule has 0 fully saturated rings. The van der Waals surface area contributed by atoms with Crippen LogP contribution >= 0.6 is 0 Å². The van der Waals surface area contributed by atoms with Crippen LogP contribution in [0.5, 0.6) is 0 Å². The summed E-state index contributed by atoms with van der Waals surface area (Å²) < 4.78 is 0. The van der Waals surface area contributed by atoms with Crippen LogP contribution in [0.3, 0.4) is 0 Å². The van der Waals surface area contributed by atoms with E-state index in [4.69, 9.17) is 9.97 Å². The van der Waals surface area contributed by atoms with E-state index in [1.54, 1.807) is 0 Å². The van der Waals surface area contributed by atoms with Gasteiger partial charge in [-0.3, -0.25) is 0 Å². The zero-order chi connectivity index (χ0) is 33.5. The Balaban J connectivity index is 1.19. The molecule has 0 radical (unpaired) electrons. The Kier molecular flexibility index (Phi) is 6.17. The fourth-order valence-electron chi connectivity index (χ4n) is 8.87. The molecule has 2 aliphatic rings. The Hall–Kier alpha value is -6.12. The maximum Gasteiger partial charge on any atom is 0.160 e. The molecule has 1 spiro atoms. The zero-order valence-corrected chi connectivity index (χ0v) is 28.1. The van der Waals surface area contributed by atoms with Crippen molar-refractivity contribution in [2.75, 3.05) is 0 Å². The van der Waals surface area contributed by atoms with E-state index in [1.807, 2.05) is 0 Å². The normalized spacial score (nSPS) is 14.5. The van der Waals surface area contributed by atoms with E-state index in [1.165, 1.54) is 55.6 Å². The van der Waals surface area contributed by atoms with Crippen molar-refractivity contribution >= 4 is 10.9 Å². The van der Waals surface area contributed by atoms with Crippen LogP contribution in [0.15, 0.2) is 170 Å². The van der Waals surface area contributed by atoms with Crippen molar-refractivity contribution in [1.29, 1.82) is 0 Å². The maximum atomic E-state index is 5.33. The summed E-state index contributed by atoms with van der Waals surface area (Å²) >= 11 is 0. The quantitative estimate of drug-likeness (QED) is 0.192. The number of hydrogen-bond acceptors (Lipinski definition) is 2. The molecule has 10 rings (SSSR count). The lowest BCUT2D eigenvalue weighted by Gasteiger charge is -2.46. The molecule has 0 bridgehead atoms. The third-order valence-electron chi connectivity index (χ3n) is 11.2. The third-order valence-corrected chi connectivity index (χ3v) is 11.2. The predicted molar refractivity (Wildman–Crippen MR) is 205 cm³/mol. The van der Waals surface area contributed by atoms with Gasteiger partial charge in [-0.05, 0) is 67.8 Å². The van der Waals surface area contributed by atoms with Crippen molar-refractivity contribution in [3.63, 3.8) is 0 Å². The van der Waals surface area contributed by atoms with Crippen LogP contribution in [0.4, 0.5) is 0 Å². The van der Waals surface area contributed by atoms with Crippen molar-refractivity contribution in [3.05, 3.63) is 203 Å². The van der Waals surface area contributed by atoms with Gasteiger partial charge in [-0.1, -0.05) is 172 Å². The highest BCUT2D eigenvalue weighted by atomic mass is 14.9. The Bertz CT molecular complexity index is 2570. The average molecular weight is 639 g/mol. The standard InChI is InChI=1S/C48H34N2/c1-47(2)40-21-11-12-22-41(40)48(38-19-9-6-16-35(38)36-17-7-10-20-39(36)48)42-29-28-34(30-43(42)47)46-49-44-23-13-8-18-37(44)45(50-46)33-26-24-32(25-27-33)31-14-4-3-5-15-31/h3-30H,1-2H3. The second kappa shape index (κ2) is 10.7. The van der Waals surface area contributed by atoms with Crippen molar-refractivity contribution in [2.24, 2.45) is 0 Å². The van der Waals surface area contributed by atoms with Crippen LogP contribution in [-0.4, -0.2) is 9.97 Å². The van der Waals surface area contributed by atoms with Gasteiger partial charge in [-0.2, -0.15) is 0 Å². The summed E-state index contributed by atoms with van der Waals surface area (Å²) in [5.41, 5.74) is 16.4. The van der Waals surface area contributed by atoms with Gasteiger partial charge < -0.3 is 0 Å². The molecule has 0 unspecified atom stereocenters. The fraction of sp³-hybridized carbons (Fsp3) is 0.0833. The van der Waals surface area contributed by atoms with Crippen LogP contribution in [-0.2, 0) is 10.8 Å². The van der Waals surface area contributed by atoms with E-state index in [0.717, 1.165) is 33.5 Å². The summed E-state index contributed by atoms with van der Waals surface area (Å²) in [6, 6.07) is 61.7. The highest BCUT2D eigenvalue weighted by Crippen LogP contribution is 2.62. The van der Waals surface area contributed by atoms with Crippen LogP contribution < -0.4 is 0 Å². The molecule has 50 heavy (non-hydrogen) atoms. The van der Waals surface area contributed by atoms with E-state index in [2.05, 4.69) is 184 Å². The number of fused-ring (bicyclic) bond motifs is 10. The number of nitrogens with zero attached hydrogens (tertiary/aromatic N) is 2. The number of rotatable bonds is 3. The van der Waals surface area contributed by atoms with Gasteiger partial charge in [0.2, 0.25) is 0 Å². The number of benzene rings is 7. The van der Waals surface area contributed by atoms with Gasteiger partial charge in [0.05, 0.1) is 16.6 Å². The molecule has 1 aromatic heterocycles. The van der Waals surface area contributed by atoms with Crippen LogP contribution in [0.1, 0.15) is 47.2 Å². The molecule has 1 heterocycles. The Morgan fingerprint density at radius 3 is 1.62 bits per heavy atom. The SMILES string of the molecule is CC1(C)c2ccccc2C2(c3ccccc3-c3ccccc32)c2ccc(-c3nc(-c4ccc(-c5ccccc5)cc4)c4ccccc4n3)cc21. The highest BCUT2D eigenvalue weighted by Gasteiger charge is 2.53. The van der Waals surface area contributed by atoms with Crippen LogP contribution in [0.2, 0.25) is 0 Å². The second-order valence-corrected chi connectivity index (χ2v) is 14.1. The summed E-state index contributed by atoms with van der Waals surface area (Å²) in [4.78, 5) is 10.5. The fourth-order valence-corrected chi connectivity index (χ4v) is 8.87. The second-order valence-electron chi connectivity index (χ2n) is 14.1. The van der Waals surface area contributed by atoms with Crippen molar-refractivity contribution < 1.29 is 0 Å². The van der Waals surface area contributed by atoms with Gasteiger partial charge in [-0.25, -0.2) is 9.97 Å². The summed E-state index contributed by atoms with van der Waals surface area (Å²) in [6.45, 7) is 4.74. The number of hydrogen-bond donors (Lipinski definition) is 0. The van der Waals surface area contributed by atoms with Gasteiger partial charge in [0.1, 0.15) is 0 Å². The molecule has 0 atom stereocenters. The lowest BCUT2D eigenvalue weighted by Crippen LogP contribution is -2.40. The third kappa shape index (κ3) is 3.96. The molecule has 236 valence electrons. The first-order valence-electron chi connectivity index (χ1n) is 17.4. The molecular weight excluding hydrogens is 605 g/mol. The maximum absolute atomic E-state index is 5.33. The molecule has 2 aliphatic carbocycles. The monoisotopic (exact) mass is 638 g/mol. The van der Waals surface area contributed by atoms with E-state index in [9.17, 15) is 0 Å². The Morgan fingerprint density at radius 1 is 0.380 bits per heavy atom. The van der Waals surface area contributed by atoms with Gasteiger partial charge in [0, 0.05) is 21.9 Å². The van der Waals surface area contributed by atoms with Gasteiger partial charge in [0.25, 0.3) is 0 Å². The minimum Gasteiger partial charge on any atom is -0.228 e. The molecule has 2 heteroatoms. The lowest BCUT2D eigenvalue weighted by molar-refractivity contribution is 0.563. The lowest BCUT2D eigenvalue weighted by atomic mass is 9.55. The molecule has 0 aliphatic heterocycles. The molecule has 0 N–H and O–H groups in total. The van der Waals surface area contributed by atoms with E-state index < -0.39 is 5.41 Å². The molecule has 7 aromatic carbocycles. The topological polar surface area (TPSA) is 25.8 Å². The van der Waals surface area contributed by atoms with Crippen molar-refractivity contribution in [2.45, 2.75) is 24.7 Å². The summed E-state index contributed by atoms with van der Waals surface area (Å²) in [5, 5.41) is 1.05. The predicted octanol–water partition coefficient (Wildman–Crippen LogP) is 11.6. The molecule has 0 amide bonds. The molecular formula is C48H34N2. The van der Waals surface area contributed by atoms with E-state index >= 15 is 0 Å². The molecule has 0 saturated carbocycles. The summed E-state index contributed by atoms with van der Waals surface area (Å²) in [7, 11) is 0. The summed E-state index contributed by atoms with van der Waals surface area (Å²) in [5.74, 6) is 0.740. The highest BCUT2D eigenvalue weighted by molar-refractivity contribution is 5.94. The molecule has 8 aromatic rings. The van der Waals surface area contributed by atoms with Gasteiger partial charge >= 0.3 is 0 Å². The van der Waals surface area contributed by atoms with E-state index in [-0.39, 0.29) is 5.41 Å². The Labute approximate surface area is 292 Å². The smallest absolute Gasteiger partial charge is 0.160 e. The van der Waals surface area contributed by atoms with Crippen LogP contribution in [0.25, 0.3) is 55.8 Å². The number of aromatic nitrogens is 2. The minimum absolute atomic E-state index is 0.243. The average Bonchev–Trinajstić information content (AvgIpc) is 3.48. The number of para-hydroxylation sites is 1. The van der Waals surface area contributed by atoms with E-state index in [0.29, 0.717) is 0 Å². The van der Waals surface area contributed by atoms with Crippen molar-refractivity contribution in [3.8, 4) is 44.9 Å². The van der Waals surface area contributed by atoms with Gasteiger partial charge in [-0.15, -0.1) is 0 Å².